The van der Waals surface area contributed by atoms with Crippen LogP contribution in [0.4, 0.5) is 0 Å². The molecule has 0 radical (unpaired) electrons. The van der Waals surface area contributed by atoms with Crippen molar-refractivity contribution in [1.82, 2.24) is 4.57 Å². The van der Waals surface area contributed by atoms with Gasteiger partial charge in [0.15, 0.2) is 0 Å². The fraction of sp³-hybridized carbons (Fsp3) is 0.143. The Kier molecular flexibility index (Phi) is 2.79. The van der Waals surface area contributed by atoms with Crippen molar-refractivity contribution in [1.29, 1.82) is 0 Å². The van der Waals surface area contributed by atoms with Crippen LogP contribution in [0.5, 0.6) is 0 Å². The zero-order valence-electron chi connectivity index (χ0n) is 12.8. The lowest BCUT2D eigenvalue weighted by Crippen LogP contribution is -1.96. The number of nitrogens with zero attached hydrogens (tertiary/aromatic N) is 1. The van der Waals surface area contributed by atoms with Gasteiger partial charge in [-0.25, -0.2) is 0 Å². The minimum Gasteiger partial charge on any atom is -0.373 e. The summed E-state index contributed by atoms with van der Waals surface area (Å²) in [7, 11) is 0. The van der Waals surface area contributed by atoms with E-state index in [-0.39, 0.29) is 0 Å². The standard InChI is InChI=1S/C21H17NO/c1-3-7-20-18(5-1)19-6-2-4-8-21(19)22(20)16-11-9-15(10-12-16)13-17-14-23-17/h1-12,17H,13-14H2. The van der Waals surface area contributed by atoms with E-state index in [0.717, 1.165) is 13.0 Å². The van der Waals surface area contributed by atoms with Crippen molar-refractivity contribution in [2.24, 2.45) is 0 Å². The minimum absolute atomic E-state index is 0.439. The maximum atomic E-state index is 5.33. The molecule has 3 aromatic carbocycles. The molecule has 0 aliphatic carbocycles. The Hall–Kier alpha value is -2.58. The van der Waals surface area contributed by atoms with E-state index in [2.05, 4.69) is 77.4 Å². The van der Waals surface area contributed by atoms with Gasteiger partial charge in [-0.2, -0.15) is 0 Å². The first-order chi connectivity index (χ1) is 11.4. The molecule has 1 atom stereocenters. The average Bonchev–Trinajstić information content (AvgIpc) is 3.35. The minimum atomic E-state index is 0.439. The second-order valence-electron chi connectivity index (χ2n) is 6.20. The van der Waals surface area contributed by atoms with Crippen molar-refractivity contribution in [2.45, 2.75) is 12.5 Å². The topological polar surface area (TPSA) is 17.5 Å². The number of ether oxygens (including phenoxy) is 1. The normalized spacial score (nSPS) is 17.0. The van der Waals surface area contributed by atoms with Crippen molar-refractivity contribution >= 4 is 21.8 Å². The van der Waals surface area contributed by atoms with Crippen molar-refractivity contribution in [3.63, 3.8) is 0 Å². The van der Waals surface area contributed by atoms with E-state index in [1.54, 1.807) is 0 Å². The van der Waals surface area contributed by atoms with Gasteiger partial charge in [0.25, 0.3) is 0 Å². The molecule has 1 aliphatic rings. The molecule has 5 rings (SSSR count). The summed E-state index contributed by atoms with van der Waals surface area (Å²) in [5.74, 6) is 0. The van der Waals surface area contributed by atoms with Gasteiger partial charge in [0.05, 0.1) is 23.7 Å². The Labute approximate surface area is 134 Å². The van der Waals surface area contributed by atoms with Crippen LogP contribution in [0.25, 0.3) is 27.5 Å². The number of epoxide rings is 1. The van der Waals surface area contributed by atoms with Gasteiger partial charge >= 0.3 is 0 Å². The molecule has 1 saturated heterocycles. The van der Waals surface area contributed by atoms with Crippen molar-refractivity contribution in [2.75, 3.05) is 6.61 Å². The van der Waals surface area contributed by atoms with E-state index in [1.165, 1.54) is 33.1 Å². The Balaban J connectivity index is 1.71. The molecule has 0 saturated carbocycles. The summed E-state index contributed by atoms with van der Waals surface area (Å²) in [5, 5.41) is 2.61. The largest absolute Gasteiger partial charge is 0.373 e. The number of benzene rings is 3. The molecule has 1 aliphatic heterocycles. The van der Waals surface area contributed by atoms with Gasteiger partial charge in [-0.3, -0.25) is 0 Å². The van der Waals surface area contributed by atoms with E-state index >= 15 is 0 Å². The maximum Gasteiger partial charge on any atom is 0.0850 e. The Bertz CT molecular complexity index is 940. The summed E-state index contributed by atoms with van der Waals surface area (Å²) < 4.78 is 7.67. The third kappa shape index (κ3) is 2.14. The lowest BCUT2D eigenvalue weighted by molar-refractivity contribution is 0.407. The molecular formula is C21H17NO. The van der Waals surface area contributed by atoms with Gasteiger partial charge in [-0.1, -0.05) is 48.5 Å². The predicted molar refractivity (Wildman–Crippen MR) is 94.2 cm³/mol. The van der Waals surface area contributed by atoms with E-state index in [1.807, 2.05) is 0 Å². The first-order valence-electron chi connectivity index (χ1n) is 8.09. The highest BCUT2D eigenvalue weighted by molar-refractivity contribution is 6.09. The predicted octanol–water partition coefficient (Wildman–Crippen LogP) is 4.73. The molecule has 4 aromatic rings. The van der Waals surface area contributed by atoms with Crippen molar-refractivity contribution in [3.8, 4) is 5.69 Å². The van der Waals surface area contributed by atoms with Crippen molar-refractivity contribution < 1.29 is 4.74 Å². The van der Waals surface area contributed by atoms with E-state index in [4.69, 9.17) is 4.74 Å². The molecule has 23 heavy (non-hydrogen) atoms. The van der Waals surface area contributed by atoms with Crippen LogP contribution in [0.2, 0.25) is 0 Å². The second-order valence-corrected chi connectivity index (χ2v) is 6.20. The number of fused-ring (bicyclic) bond motifs is 3. The van der Waals surface area contributed by atoms with Gasteiger partial charge < -0.3 is 9.30 Å². The van der Waals surface area contributed by atoms with E-state index < -0.39 is 0 Å². The first kappa shape index (κ1) is 12.9. The quantitative estimate of drug-likeness (QED) is 0.500. The molecule has 0 bridgehead atoms. The Morgan fingerprint density at radius 1 is 0.783 bits per heavy atom. The van der Waals surface area contributed by atoms with Crippen LogP contribution in [0.1, 0.15) is 5.56 Å². The van der Waals surface area contributed by atoms with Crippen LogP contribution in [0, 0.1) is 0 Å². The van der Waals surface area contributed by atoms with Crippen molar-refractivity contribution in [3.05, 3.63) is 78.4 Å². The number of aromatic nitrogens is 1. The Morgan fingerprint density at radius 2 is 1.35 bits per heavy atom. The zero-order chi connectivity index (χ0) is 15.2. The molecular weight excluding hydrogens is 282 g/mol. The fourth-order valence-corrected chi connectivity index (χ4v) is 3.43. The number of para-hydroxylation sites is 2. The molecule has 2 nitrogen and oxygen atoms in total. The smallest absolute Gasteiger partial charge is 0.0850 e. The van der Waals surface area contributed by atoms with Crippen LogP contribution >= 0.6 is 0 Å². The second kappa shape index (κ2) is 4.97. The SMILES string of the molecule is c1ccc2c(c1)c1ccccc1n2-c1ccc(CC2CO2)cc1. The lowest BCUT2D eigenvalue weighted by atomic mass is 10.1. The third-order valence-electron chi connectivity index (χ3n) is 4.64. The van der Waals surface area contributed by atoms with Crippen LogP contribution in [0.15, 0.2) is 72.8 Å². The highest BCUT2D eigenvalue weighted by Crippen LogP contribution is 2.31. The lowest BCUT2D eigenvalue weighted by Gasteiger charge is -2.08. The summed E-state index contributed by atoms with van der Waals surface area (Å²) in [6.07, 6.45) is 1.46. The van der Waals surface area contributed by atoms with Crippen LogP contribution in [0.3, 0.4) is 0 Å². The molecule has 2 heteroatoms. The van der Waals surface area contributed by atoms with Crippen LogP contribution in [-0.4, -0.2) is 17.3 Å². The molecule has 2 heterocycles. The van der Waals surface area contributed by atoms with Crippen LogP contribution < -0.4 is 0 Å². The fourth-order valence-electron chi connectivity index (χ4n) is 3.43. The molecule has 1 unspecified atom stereocenters. The monoisotopic (exact) mass is 299 g/mol. The van der Waals surface area contributed by atoms with E-state index in [9.17, 15) is 0 Å². The van der Waals surface area contributed by atoms with Crippen LogP contribution in [-0.2, 0) is 11.2 Å². The summed E-state index contributed by atoms with van der Waals surface area (Å²) in [6.45, 7) is 0.911. The maximum absolute atomic E-state index is 5.33. The summed E-state index contributed by atoms with van der Waals surface area (Å²) in [6, 6.07) is 26.1. The van der Waals surface area contributed by atoms with Gasteiger partial charge in [0.2, 0.25) is 0 Å². The molecule has 0 spiro atoms. The number of hydrogen-bond acceptors (Lipinski definition) is 1. The number of rotatable bonds is 3. The number of hydrogen-bond donors (Lipinski definition) is 0. The van der Waals surface area contributed by atoms with Gasteiger partial charge in [-0.15, -0.1) is 0 Å². The highest BCUT2D eigenvalue weighted by atomic mass is 16.6. The average molecular weight is 299 g/mol. The molecule has 1 fully saturated rings. The van der Waals surface area contributed by atoms with Gasteiger partial charge in [0.1, 0.15) is 0 Å². The summed E-state index contributed by atoms with van der Waals surface area (Å²) >= 11 is 0. The van der Waals surface area contributed by atoms with E-state index in [0.29, 0.717) is 6.10 Å². The molecule has 1 aromatic heterocycles. The van der Waals surface area contributed by atoms with Gasteiger partial charge in [-0.05, 0) is 29.8 Å². The Morgan fingerprint density at radius 3 is 1.91 bits per heavy atom. The molecule has 112 valence electrons. The molecule has 0 amide bonds. The van der Waals surface area contributed by atoms with Gasteiger partial charge in [0, 0.05) is 22.9 Å². The summed E-state index contributed by atoms with van der Waals surface area (Å²) in [5.41, 5.74) is 5.07. The molecule has 0 N–H and O–H groups in total. The first-order valence-corrected chi connectivity index (χ1v) is 8.09. The summed E-state index contributed by atoms with van der Waals surface area (Å²) in [4.78, 5) is 0. The third-order valence-corrected chi connectivity index (χ3v) is 4.64. The zero-order valence-corrected chi connectivity index (χ0v) is 12.8. The highest BCUT2D eigenvalue weighted by Gasteiger charge is 2.22.